The molecule has 3 rings (SSSR count). The lowest BCUT2D eigenvalue weighted by atomic mass is 10.1. The molecule has 1 N–H and O–H groups in total. The van der Waals surface area contributed by atoms with Crippen molar-refractivity contribution in [2.75, 3.05) is 25.1 Å². The van der Waals surface area contributed by atoms with Gasteiger partial charge in [0.2, 0.25) is 0 Å². The lowest BCUT2D eigenvalue weighted by molar-refractivity contribution is -0.146. The molecule has 27 heavy (non-hydrogen) atoms. The fourth-order valence-corrected chi connectivity index (χ4v) is 3.26. The van der Waals surface area contributed by atoms with E-state index in [1.807, 2.05) is 0 Å². The zero-order valence-corrected chi connectivity index (χ0v) is 17.0. The van der Waals surface area contributed by atoms with Gasteiger partial charge in [0.1, 0.15) is 13.2 Å². The Labute approximate surface area is 173 Å². The minimum absolute atomic E-state index is 0.0585. The largest absolute Gasteiger partial charge is 0.486 e. The molecule has 0 fully saturated rings. The van der Waals surface area contributed by atoms with Crippen LogP contribution in [0.25, 0.3) is 0 Å². The average molecular weight is 475 g/mol. The summed E-state index contributed by atoms with van der Waals surface area (Å²) in [6.45, 7) is 0.483. The number of hydrogen-bond donors (Lipinski definition) is 1. The standard InChI is InChI=1S/C18H14BrCl2NO5/c19-12-7-15-16(26-4-3-25-15)8-14(12)22-17(23)9-27-18(24)5-10-1-2-11(20)6-13(10)21/h1-2,6-8H,3-5,9H2,(H,22,23). The van der Waals surface area contributed by atoms with Gasteiger partial charge in [0.15, 0.2) is 18.1 Å². The van der Waals surface area contributed by atoms with E-state index in [0.717, 1.165) is 0 Å². The van der Waals surface area contributed by atoms with Crippen LogP contribution in [0.1, 0.15) is 5.56 Å². The van der Waals surface area contributed by atoms with E-state index in [-0.39, 0.29) is 6.42 Å². The normalized spacial score (nSPS) is 12.4. The number of amides is 1. The molecule has 0 radical (unpaired) electrons. The van der Waals surface area contributed by atoms with Crippen molar-refractivity contribution >= 4 is 56.7 Å². The number of carbonyl (C=O) groups excluding carboxylic acids is 2. The Balaban J connectivity index is 1.54. The third kappa shape index (κ3) is 5.28. The Bertz CT molecular complexity index is 890. The summed E-state index contributed by atoms with van der Waals surface area (Å²) in [7, 11) is 0. The molecule has 9 heteroatoms. The van der Waals surface area contributed by atoms with Gasteiger partial charge in [-0.25, -0.2) is 0 Å². The molecule has 1 aliphatic rings. The van der Waals surface area contributed by atoms with Crippen LogP contribution in [-0.2, 0) is 20.7 Å². The second-order valence-corrected chi connectivity index (χ2v) is 7.30. The van der Waals surface area contributed by atoms with E-state index in [2.05, 4.69) is 21.2 Å². The van der Waals surface area contributed by atoms with Gasteiger partial charge in [0, 0.05) is 26.7 Å². The van der Waals surface area contributed by atoms with Crippen molar-refractivity contribution in [3.8, 4) is 11.5 Å². The number of fused-ring (bicyclic) bond motifs is 1. The maximum absolute atomic E-state index is 12.1. The summed E-state index contributed by atoms with van der Waals surface area (Å²) in [5.41, 5.74) is 1.06. The van der Waals surface area contributed by atoms with Crippen LogP contribution in [0.3, 0.4) is 0 Å². The molecule has 2 aromatic rings. The summed E-state index contributed by atoms with van der Waals surface area (Å²) in [5, 5.41) is 3.49. The summed E-state index contributed by atoms with van der Waals surface area (Å²) < 4.78 is 16.6. The number of anilines is 1. The molecule has 142 valence electrons. The number of halogens is 3. The predicted molar refractivity (Wildman–Crippen MR) is 105 cm³/mol. The Morgan fingerprint density at radius 2 is 1.81 bits per heavy atom. The number of nitrogens with one attached hydrogen (secondary N) is 1. The van der Waals surface area contributed by atoms with Crippen molar-refractivity contribution in [2.24, 2.45) is 0 Å². The molecule has 0 saturated carbocycles. The van der Waals surface area contributed by atoms with Crippen LogP contribution in [-0.4, -0.2) is 31.7 Å². The molecule has 1 heterocycles. The van der Waals surface area contributed by atoms with Gasteiger partial charge >= 0.3 is 5.97 Å². The van der Waals surface area contributed by atoms with Crippen LogP contribution in [0.4, 0.5) is 5.69 Å². The lowest BCUT2D eigenvalue weighted by Crippen LogP contribution is -2.22. The first-order valence-electron chi connectivity index (χ1n) is 7.91. The zero-order valence-electron chi connectivity index (χ0n) is 13.9. The van der Waals surface area contributed by atoms with E-state index < -0.39 is 18.5 Å². The van der Waals surface area contributed by atoms with Crippen LogP contribution in [0.5, 0.6) is 11.5 Å². The molecule has 0 saturated heterocycles. The van der Waals surface area contributed by atoms with E-state index in [1.54, 1.807) is 24.3 Å². The fraction of sp³-hybridized carbons (Fsp3) is 0.222. The smallest absolute Gasteiger partial charge is 0.310 e. The first-order valence-corrected chi connectivity index (χ1v) is 9.46. The van der Waals surface area contributed by atoms with Gasteiger partial charge in [-0.3, -0.25) is 9.59 Å². The molecule has 1 amide bonds. The van der Waals surface area contributed by atoms with E-state index in [9.17, 15) is 9.59 Å². The molecular formula is C18H14BrCl2NO5. The molecule has 0 bridgehead atoms. The number of benzene rings is 2. The van der Waals surface area contributed by atoms with Gasteiger partial charge in [-0.1, -0.05) is 29.3 Å². The number of esters is 1. The SMILES string of the molecule is O=C(COC(=O)Cc1ccc(Cl)cc1Cl)Nc1cc2c(cc1Br)OCCO2. The molecule has 0 unspecified atom stereocenters. The number of hydrogen-bond acceptors (Lipinski definition) is 5. The van der Waals surface area contributed by atoms with Crippen LogP contribution in [0.2, 0.25) is 10.0 Å². The molecule has 0 spiro atoms. The minimum atomic E-state index is -0.574. The Kier molecular flexibility index (Phi) is 6.46. The van der Waals surface area contributed by atoms with Crippen LogP contribution >= 0.6 is 39.1 Å². The van der Waals surface area contributed by atoms with Crippen molar-refractivity contribution in [1.29, 1.82) is 0 Å². The van der Waals surface area contributed by atoms with Gasteiger partial charge in [0.05, 0.1) is 12.1 Å². The van der Waals surface area contributed by atoms with Crippen LogP contribution < -0.4 is 14.8 Å². The van der Waals surface area contributed by atoms with Crippen LogP contribution in [0.15, 0.2) is 34.8 Å². The predicted octanol–water partition coefficient (Wildman–Crippen LogP) is 4.25. The Morgan fingerprint density at radius 3 is 2.52 bits per heavy atom. The Morgan fingerprint density at radius 1 is 1.11 bits per heavy atom. The molecule has 1 aliphatic heterocycles. The van der Waals surface area contributed by atoms with Gasteiger partial charge in [0.25, 0.3) is 5.91 Å². The third-order valence-corrected chi connectivity index (χ3v) is 4.86. The van der Waals surface area contributed by atoms with Gasteiger partial charge in [-0.15, -0.1) is 0 Å². The van der Waals surface area contributed by atoms with Gasteiger partial charge in [-0.05, 0) is 33.6 Å². The monoisotopic (exact) mass is 473 g/mol. The fourth-order valence-electron chi connectivity index (χ4n) is 2.36. The molecule has 0 aliphatic carbocycles. The van der Waals surface area contributed by atoms with E-state index in [1.165, 1.54) is 6.07 Å². The summed E-state index contributed by atoms with van der Waals surface area (Å²) in [6.07, 6.45) is -0.0585. The van der Waals surface area contributed by atoms with Gasteiger partial charge in [-0.2, -0.15) is 0 Å². The minimum Gasteiger partial charge on any atom is -0.486 e. The van der Waals surface area contributed by atoms with E-state index >= 15 is 0 Å². The van der Waals surface area contributed by atoms with E-state index in [4.69, 9.17) is 37.4 Å². The molecule has 0 atom stereocenters. The second-order valence-electron chi connectivity index (χ2n) is 5.60. The highest BCUT2D eigenvalue weighted by atomic mass is 79.9. The topological polar surface area (TPSA) is 73.9 Å². The maximum Gasteiger partial charge on any atom is 0.310 e. The highest BCUT2D eigenvalue weighted by molar-refractivity contribution is 9.10. The third-order valence-electron chi connectivity index (χ3n) is 3.62. The molecular weight excluding hydrogens is 461 g/mol. The van der Waals surface area contributed by atoms with E-state index in [0.29, 0.717) is 50.5 Å². The molecule has 6 nitrogen and oxygen atoms in total. The van der Waals surface area contributed by atoms with Crippen LogP contribution in [0, 0.1) is 0 Å². The maximum atomic E-state index is 12.1. The first-order chi connectivity index (χ1) is 12.9. The highest BCUT2D eigenvalue weighted by Crippen LogP contribution is 2.38. The van der Waals surface area contributed by atoms with Crippen molar-refractivity contribution in [3.05, 3.63) is 50.4 Å². The number of carbonyl (C=O) groups is 2. The van der Waals surface area contributed by atoms with Crippen molar-refractivity contribution in [2.45, 2.75) is 6.42 Å². The van der Waals surface area contributed by atoms with Gasteiger partial charge < -0.3 is 19.5 Å². The average Bonchev–Trinajstić information content (AvgIpc) is 2.63. The molecule has 0 aromatic heterocycles. The number of rotatable bonds is 5. The first kappa shape index (κ1) is 19.8. The lowest BCUT2D eigenvalue weighted by Gasteiger charge is -2.20. The Hall–Kier alpha value is -1.96. The van der Waals surface area contributed by atoms with Crippen molar-refractivity contribution < 1.29 is 23.8 Å². The van der Waals surface area contributed by atoms with Crippen molar-refractivity contribution in [1.82, 2.24) is 0 Å². The summed E-state index contributed by atoms with van der Waals surface area (Å²) in [5.74, 6) is 0.0741. The second kappa shape index (κ2) is 8.82. The highest BCUT2D eigenvalue weighted by Gasteiger charge is 2.17. The zero-order chi connectivity index (χ0) is 19.4. The summed E-state index contributed by atoms with van der Waals surface area (Å²) >= 11 is 15.2. The summed E-state index contributed by atoms with van der Waals surface area (Å²) in [4.78, 5) is 24.0. The quantitative estimate of drug-likeness (QED) is 0.655. The molecule has 2 aromatic carbocycles. The van der Waals surface area contributed by atoms with Crippen molar-refractivity contribution in [3.63, 3.8) is 0 Å². The number of ether oxygens (including phenoxy) is 3. The summed E-state index contributed by atoms with van der Waals surface area (Å²) in [6, 6.07) is 8.16.